The van der Waals surface area contributed by atoms with Gasteiger partial charge in [0.15, 0.2) is 0 Å². The highest BCUT2D eigenvalue weighted by Crippen LogP contribution is 2.21. The number of aryl methyl sites for hydroxylation is 1. The van der Waals surface area contributed by atoms with Crippen LogP contribution in [0.3, 0.4) is 0 Å². The van der Waals surface area contributed by atoms with Crippen molar-refractivity contribution >= 4 is 0 Å². The Hall–Kier alpha value is -1.80. The van der Waals surface area contributed by atoms with E-state index in [1.165, 1.54) is 5.56 Å². The highest BCUT2D eigenvalue weighted by molar-refractivity contribution is 5.37. The maximum atomic E-state index is 5.81. The summed E-state index contributed by atoms with van der Waals surface area (Å²) in [6.45, 7) is 3.14. The molecule has 2 N–H and O–H groups in total. The van der Waals surface area contributed by atoms with Gasteiger partial charge in [0, 0.05) is 12.1 Å². The molecule has 0 fully saturated rings. The van der Waals surface area contributed by atoms with Crippen LogP contribution in [-0.4, -0.2) is 0 Å². The van der Waals surface area contributed by atoms with E-state index in [0.717, 1.165) is 16.9 Å². The Morgan fingerprint density at radius 1 is 1.06 bits per heavy atom. The highest BCUT2D eigenvalue weighted by Gasteiger charge is 2.02. The van der Waals surface area contributed by atoms with Gasteiger partial charge in [0.05, 0.1) is 0 Å². The first-order valence-electron chi connectivity index (χ1n) is 5.76. The van der Waals surface area contributed by atoms with Gasteiger partial charge in [-0.05, 0) is 24.1 Å². The summed E-state index contributed by atoms with van der Waals surface area (Å²) in [5.74, 6) is 0.886. The molecule has 0 heterocycles. The van der Waals surface area contributed by atoms with Gasteiger partial charge in [-0.2, -0.15) is 0 Å². The fourth-order valence-electron chi connectivity index (χ4n) is 1.70. The third-order valence-corrected chi connectivity index (χ3v) is 2.68. The lowest BCUT2D eigenvalue weighted by atomic mass is 10.1. The third-order valence-electron chi connectivity index (χ3n) is 2.68. The van der Waals surface area contributed by atoms with E-state index in [-0.39, 0.29) is 0 Å². The molecule has 0 unspecified atom stereocenters. The quantitative estimate of drug-likeness (QED) is 0.871. The van der Waals surface area contributed by atoms with Crippen LogP contribution < -0.4 is 10.5 Å². The molecule has 0 radical (unpaired) electrons. The Morgan fingerprint density at radius 3 is 2.53 bits per heavy atom. The lowest BCUT2D eigenvalue weighted by molar-refractivity contribution is 0.303. The molecule has 17 heavy (non-hydrogen) atoms. The molecule has 0 aromatic heterocycles. The van der Waals surface area contributed by atoms with Crippen LogP contribution in [0.15, 0.2) is 48.5 Å². The smallest absolute Gasteiger partial charge is 0.124 e. The van der Waals surface area contributed by atoms with E-state index in [2.05, 4.69) is 25.1 Å². The zero-order valence-electron chi connectivity index (χ0n) is 10.0. The first-order valence-corrected chi connectivity index (χ1v) is 5.76. The molecule has 2 rings (SSSR count). The second-order valence-electron chi connectivity index (χ2n) is 4.09. The predicted octanol–water partition coefficient (Wildman–Crippen LogP) is 3.03. The zero-order chi connectivity index (χ0) is 12.1. The van der Waals surface area contributed by atoms with Crippen LogP contribution in [0.1, 0.15) is 16.7 Å². The highest BCUT2D eigenvalue weighted by atomic mass is 16.5. The first-order chi connectivity index (χ1) is 8.29. The van der Waals surface area contributed by atoms with Gasteiger partial charge in [-0.25, -0.2) is 0 Å². The first kappa shape index (κ1) is 11.7. The van der Waals surface area contributed by atoms with Crippen molar-refractivity contribution in [2.75, 3.05) is 0 Å². The SMILES string of the molecule is Cc1ccc(CN)c(OCc2ccccc2)c1. The molecule has 0 bridgehead atoms. The van der Waals surface area contributed by atoms with E-state index in [1.807, 2.05) is 30.3 Å². The van der Waals surface area contributed by atoms with Crippen LogP contribution in [0.4, 0.5) is 0 Å². The average Bonchev–Trinajstić information content (AvgIpc) is 2.38. The summed E-state index contributed by atoms with van der Waals surface area (Å²) in [6.07, 6.45) is 0. The summed E-state index contributed by atoms with van der Waals surface area (Å²) in [4.78, 5) is 0. The lowest BCUT2D eigenvalue weighted by Gasteiger charge is -2.11. The van der Waals surface area contributed by atoms with E-state index in [1.54, 1.807) is 0 Å². The number of ether oxygens (including phenoxy) is 1. The summed E-state index contributed by atoms with van der Waals surface area (Å²) in [5, 5.41) is 0. The van der Waals surface area contributed by atoms with Crippen LogP contribution in [0.2, 0.25) is 0 Å². The van der Waals surface area contributed by atoms with Crippen molar-refractivity contribution in [3.05, 3.63) is 65.2 Å². The topological polar surface area (TPSA) is 35.2 Å². The van der Waals surface area contributed by atoms with Crippen LogP contribution in [-0.2, 0) is 13.2 Å². The normalized spacial score (nSPS) is 10.2. The molecule has 0 saturated carbocycles. The number of rotatable bonds is 4. The molecule has 0 aliphatic carbocycles. The van der Waals surface area contributed by atoms with Gasteiger partial charge >= 0.3 is 0 Å². The largest absolute Gasteiger partial charge is 0.489 e. The minimum atomic E-state index is 0.504. The Kier molecular flexibility index (Phi) is 3.78. The van der Waals surface area contributed by atoms with E-state index >= 15 is 0 Å². The van der Waals surface area contributed by atoms with Gasteiger partial charge in [-0.3, -0.25) is 0 Å². The van der Waals surface area contributed by atoms with Crippen molar-refractivity contribution in [1.82, 2.24) is 0 Å². The summed E-state index contributed by atoms with van der Waals surface area (Å²) < 4.78 is 5.81. The number of hydrogen-bond acceptors (Lipinski definition) is 2. The molecule has 2 heteroatoms. The summed E-state index contributed by atoms with van der Waals surface area (Å²) in [7, 11) is 0. The Labute approximate surface area is 102 Å². The van der Waals surface area contributed by atoms with Gasteiger partial charge in [-0.15, -0.1) is 0 Å². The third kappa shape index (κ3) is 3.08. The molecular weight excluding hydrogens is 210 g/mol. The van der Waals surface area contributed by atoms with Crippen LogP contribution in [0.5, 0.6) is 5.75 Å². The average molecular weight is 227 g/mol. The minimum absolute atomic E-state index is 0.504. The molecule has 88 valence electrons. The van der Waals surface area contributed by atoms with Crippen molar-refractivity contribution < 1.29 is 4.74 Å². The van der Waals surface area contributed by atoms with Gasteiger partial charge < -0.3 is 10.5 Å². The molecule has 0 amide bonds. The van der Waals surface area contributed by atoms with Crippen molar-refractivity contribution in [2.45, 2.75) is 20.1 Å². The van der Waals surface area contributed by atoms with E-state index in [9.17, 15) is 0 Å². The fourth-order valence-corrected chi connectivity index (χ4v) is 1.70. The van der Waals surface area contributed by atoms with E-state index in [0.29, 0.717) is 13.2 Å². The van der Waals surface area contributed by atoms with Crippen molar-refractivity contribution in [1.29, 1.82) is 0 Å². The van der Waals surface area contributed by atoms with Gasteiger partial charge in [0.2, 0.25) is 0 Å². The Bertz CT molecular complexity index is 480. The molecule has 2 nitrogen and oxygen atoms in total. The van der Waals surface area contributed by atoms with Gasteiger partial charge in [-0.1, -0.05) is 42.5 Å². The molecule has 0 atom stereocenters. The standard InChI is InChI=1S/C15H17NO/c1-12-7-8-14(10-16)15(9-12)17-11-13-5-3-2-4-6-13/h2-9H,10-11,16H2,1H3. The summed E-state index contributed by atoms with van der Waals surface area (Å²) in [5.41, 5.74) is 9.09. The number of hydrogen-bond donors (Lipinski definition) is 1. The molecule has 2 aromatic rings. The number of nitrogens with two attached hydrogens (primary N) is 1. The Morgan fingerprint density at radius 2 is 1.82 bits per heavy atom. The van der Waals surface area contributed by atoms with Crippen LogP contribution >= 0.6 is 0 Å². The second-order valence-corrected chi connectivity index (χ2v) is 4.09. The maximum Gasteiger partial charge on any atom is 0.124 e. The monoisotopic (exact) mass is 227 g/mol. The van der Waals surface area contributed by atoms with Crippen molar-refractivity contribution in [3.8, 4) is 5.75 Å². The predicted molar refractivity (Wildman–Crippen MR) is 69.8 cm³/mol. The van der Waals surface area contributed by atoms with Crippen LogP contribution in [0.25, 0.3) is 0 Å². The van der Waals surface area contributed by atoms with Crippen molar-refractivity contribution in [3.63, 3.8) is 0 Å². The van der Waals surface area contributed by atoms with Crippen molar-refractivity contribution in [2.24, 2.45) is 5.73 Å². The minimum Gasteiger partial charge on any atom is -0.489 e. The molecular formula is C15H17NO. The van der Waals surface area contributed by atoms with Gasteiger partial charge in [0.1, 0.15) is 12.4 Å². The molecule has 0 aliphatic rings. The lowest BCUT2D eigenvalue weighted by Crippen LogP contribution is -2.03. The summed E-state index contributed by atoms with van der Waals surface area (Å²) >= 11 is 0. The molecule has 0 aliphatic heterocycles. The molecule has 2 aromatic carbocycles. The van der Waals surface area contributed by atoms with E-state index < -0.39 is 0 Å². The summed E-state index contributed by atoms with van der Waals surface area (Å²) in [6, 6.07) is 16.2. The second kappa shape index (κ2) is 5.51. The molecule has 0 spiro atoms. The zero-order valence-corrected chi connectivity index (χ0v) is 10.0. The maximum absolute atomic E-state index is 5.81. The van der Waals surface area contributed by atoms with Crippen LogP contribution in [0, 0.1) is 6.92 Å². The molecule has 0 saturated heterocycles. The number of benzene rings is 2. The van der Waals surface area contributed by atoms with Gasteiger partial charge in [0.25, 0.3) is 0 Å². The fraction of sp³-hybridized carbons (Fsp3) is 0.200. The Balaban J connectivity index is 2.11. The van der Waals surface area contributed by atoms with E-state index in [4.69, 9.17) is 10.5 Å².